The van der Waals surface area contributed by atoms with E-state index in [0.717, 1.165) is 42.5 Å². The summed E-state index contributed by atoms with van der Waals surface area (Å²) in [6.07, 6.45) is -0.243. The van der Waals surface area contributed by atoms with Crippen LogP contribution in [0.15, 0.2) is 30.5 Å². The Morgan fingerprint density at radius 3 is 2.44 bits per heavy atom. The lowest BCUT2D eigenvalue weighted by atomic mass is 9.82. The molecular formula is C26H33ClF3N5O4. The summed E-state index contributed by atoms with van der Waals surface area (Å²) in [4.78, 5) is 31.7. The first kappa shape index (κ1) is 30.6. The third kappa shape index (κ3) is 7.59. The molecule has 9 nitrogen and oxygen atoms in total. The molecule has 3 rings (SSSR count). The Balaban J connectivity index is 1.99. The number of aromatic nitrogens is 1. The second kappa shape index (κ2) is 12.9. The van der Waals surface area contributed by atoms with Crippen LogP contribution in [0.3, 0.4) is 0 Å². The zero-order valence-electron chi connectivity index (χ0n) is 22.2. The van der Waals surface area contributed by atoms with E-state index in [0.29, 0.717) is 11.6 Å². The Kier molecular flexibility index (Phi) is 10.2. The first-order valence-electron chi connectivity index (χ1n) is 12.5. The maximum atomic E-state index is 13.8. The molecule has 1 aliphatic carbocycles. The van der Waals surface area contributed by atoms with Gasteiger partial charge in [0.15, 0.2) is 0 Å². The molecule has 0 atom stereocenters. The number of rotatable bonds is 9. The van der Waals surface area contributed by atoms with Gasteiger partial charge in [-0.05, 0) is 87.1 Å². The molecule has 1 saturated carbocycles. The minimum Gasteiger partial charge on any atom is -0.465 e. The number of halogens is 4. The predicted octanol–water partition coefficient (Wildman–Crippen LogP) is 5.58. The molecule has 0 radical (unpaired) electrons. The monoisotopic (exact) mass is 571 g/mol. The Bertz CT molecular complexity index is 1170. The number of hydrogen-bond donors (Lipinski definition) is 2. The summed E-state index contributed by atoms with van der Waals surface area (Å²) < 4.78 is 52.8. The first-order chi connectivity index (χ1) is 18.3. The van der Waals surface area contributed by atoms with E-state index in [9.17, 15) is 22.8 Å². The smallest absolute Gasteiger partial charge is 0.421 e. The number of pyridine rings is 1. The highest BCUT2D eigenvalue weighted by molar-refractivity contribution is 6.12. The summed E-state index contributed by atoms with van der Waals surface area (Å²) in [5.74, 6) is 3.86. The molecule has 0 spiro atoms. The van der Waals surface area contributed by atoms with Gasteiger partial charge in [0.05, 0.1) is 24.9 Å². The lowest BCUT2D eigenvalue weighted by molar-refractivity contribution is -0.139. The van der Waals surface area contributed by atoms with E-state index in [1.54, 1.807) is 4.90 Å². The number of benzene rings is 1. The van der Waals surface area contributed by atoms with E-state index in [4.69, 9.17) is 27.1 Å². The van der Waals surface area contributed by atoms with Crippen LogP contribution in [0.25, 0.3) is 0 Å². The van der Waals surface area contributed by atoms with Crippen LogP contribution in [-0.4, -0.2) is 34.5 Å². The maximum absolute atomic E-state index is 13.8. The van der Waals surface area contributed by atoms with Crippen LogP contribution in [0.2, 0.25) is 0 Å². The molecule has 0 saturated heterocycles. The fraction of sp³-hybridized carbons (Fsp3) is 0.500. The van der Waals surface area contributed by atoms with Gasteiger partial charge in [-0.15, -0.1) is 4.53 Å². The molecular weight excluding hydrogens is 539 g/mol. The number of nitrogens with zero attached hydrogens (tertiary/aromatic N) is 3. The van der Waals surface area contributed by atoms with Crippen molar-refractivity contribution in [3.8, 4) is 11.6 Å². The topological polar surface area (TPSA) is 110 Å². The van der Waals surface area contributed by atoms with Crippen molar-refractivity contribution >= 4 is 29.3 Å². The predicted molar refractivity (Wildman–Crippen MR) is 140 cm³/mol. The van der Waals surface area contributed by atoms with Crippen LogP contribution in [0.4, 0.5) is 18.9 Å². The molecule has 13 heteroatoms. The molecule has 1 fully saturated rings. The number of nitrogens with two attached hydrogens (primary N) is 1. The normalized spacial score (nSPS) is 17.8. The minimum absolute atomic E-state index is 0.0155. The molecule has 2 aromatic rings. The molecule has 1 amide bonds. The van der Waals surface area contributed by atoms with Crippen molar-refractivity contribution in [3.05, 3.63) is 47.2 Å². The van der Waals surface area contributed by atoms with Crippen LogP contribution >= 0.6 is 11.8 Å². The number of esters is 1. The minimum atomic E-state index is -4.80. The van der Waals surface area contributed by atoms with Crippen LogP contribution in [0.5, 0.6) is 11.6 Å². The largest absolute Gasteiger partial charge is 0.465 e. The Morgan fingerprint density at radius 1 is 1.21 bits per heavy atom. The third-order valence-corrected chi connectivity index (χ3v) is 6.86. The number of hydrazine groups is 2. The van der Waals surface area contributed by atoms with Crippen LogP contribution in [0.1, 0.15) is 67.9 Å². The SMILES string of the molecule is COC(=O)c1cc(Oc2ncc(CN(Cl)NN)cc2C(F)(F)F)ccc1N(C(=O)C1CCC(C)CC1)C(C)C. The number of alkyl halides is 3. The average Bonchev–Trinajstić information content (AvgIpc) is 2.89. The van der Waals surface area contributed by atoms with Gasteiger partial charge in [0, 0.05) is 18.2 Å². The van der Waals surface area contributed by atoms with Gasteiger partial charge in [-0.25, -0.2) is 9.78 Å². The highest BCUT2D eigenvalue weighted by Gasteiger charge is 2.37. The van der Waals surface area contributed by atoms with Crippen molar-refractivity contribution in [2.75, 3.05) is 12.0 Å². The van der Waals surface area contributed by atoms with E-state index in [-0.39, 0.29) is 41.3 Å². The van der Waals surface area contributed by atoms with Crippen LogP contribution in [-0.2, 0) is 22.3 Å². The second-order valence-electron chi connectivity index (χ2n) is 9.87. The summed E-state index contributed by atoms with van der Waals surface area (Å²) in [5.41, 5.74) is 1.35. The van der Waals surface area contributed by atoms with Crippen molar-refractivity contribution in [3.63, 3.8) is 0 Å². The standard InChI is InChI=1S/C26H33ClF3N5O4/c1-15(2)35(24(36)18-7-5-16(3)6-8-18)22-10-9-19(12-20(22)25(37)38-4)39-23-21(26(28,29)30)11-17(13-32-23)14-34(27)33-31/h9-13,15-16,18,33H,5-8,14,31H2,1-4H3. The van der Waals surface area contributed by atoms with Crippen molar-refractivity contribution in [2.45, 2.75) is 65.2 Å². The molecule has 214 valence electrons. The van der Waals surface area contributed by atoms with Gasteiger partial charge in [-0.2, -0.15) is 18.7 Å². The number of anilines is 1. The summed E-state index contributed by atoms with van der Waals surface area (Å²) in [6, 6.07) is 4.67. The van der Waals surface area contributed by atoms with Gasteiger partial charge in [0.2, 0.25) is 11.8 Å². The van der Waals surface area contributed by atoms with Crippen LogP contribution < -0.4 is 21.0 Å². The number of ether oxygens (including phenoxy) is 2. The summed E-state index contributed by atoms with van der Waals surface area (Å²) in [5, 5.41) is 0. The van der Waals surface area contributed by atoms with Crippen molar-refractivity contribution in [1.82, 2.24) is 15.0 Å². The number of carbonyl (C=O) groups excluding carboxylic acids is 2. The number of hydrogen-bond acceptors (Lipinski definition) is 8. The van der Waals surface area contributed by atoms with Gasteiger partial charge in [0.1, 0.15) is 11.3 Å². The van der Waals surface area contributed by atoms with Gasteiger partial charge in [-0.3, -0.25) is 10.6 Å². The highest BCUT2D eigenvalue weighted by atomic mass is 35.5. The fourth-order valence-electron chi connectivity index (χ4n) is 4.60. The number of nitrogens with one attached hydrogen (secondary N) is 1. The van der Waals surface area contributed by atoms with E-state index < -0.39 is 23.6 Å². The molecule has 1 aromatic carbocycles. The zero-order valence-corrected chi connectivity index (χ0v) is 23.0. The zero-order chi connectivity index (χ0) is 28.9. The third-order valence-electron chi connectivity index (χ3n) is 6.64. The van der Waals surface area contributed by atoms with E-state index >= 15 is 0 Å². The summed E-state index contributed by atoms with van der Waals surface area (Å²) in [6.45, 7) is 5.65. The molecule has 1 aromatic heterocycles. The molecule has 3 N–H and O–H groups in total. The number of amides is 1. The van der Waals surface area contributed by atoms with E-state index in [2.05, 4.69) is 17.4 Å². The van der Waals surface area contributed by atoms with Crippen molar-refractivity contribution < 1.29 is 32.2 Å². The van der Waals surface area contributed by atoms with Crippen LogP contribution in [0, 0.1) is 11.8 Å². The average molecular weight is 572 g/mol. The first-order valence-corrected chi connectivity index (χ1v) is 12.9. The van der Waals surface area contributed by atoms with Gasteiger partial charge < -0.3 is 14.4 Å². The van der Waals surface area contributed by atoms with Crippen molar-refractivity contribution in [1.29, 1.82) is 0 Å². The second-order valence-corrected chi connectivity index (χ2v) is 10.3. The van der Waals surface area contributed by atoms with Gasteiger partial charge in [0.25, 0.3) is 0 Å². The molecule has 1 aliphatic rings. The van der Waals surface area contributed by atoms with E-state index in [1.165, 1.54) is 25.3 Å². The Hall–Kier alpha value is -2.93. The lowest BCUT2D eigenvalue weighted by Crippen LogP contribution is -2.43. The summed E-state index contributed by atoms with van der Waals surface area (Å²) in [7, 11) is 1.18. The van der Waals surface area contributed by atoms with Gasteiger partial charge >= 0.3 is 12.1 Å². The highest BCUT2D eigenvalue weighted by Crippen LogP contribution is 2.39. The fourth-order valence-corrected chi connectivity index (χ4v) is 4.74. The molecule has 0 aliphatic heterocycles. The molecule has 39 heavy (non-hydrogen) atoms. The van der Waals surface area contributed by atoms with Crippen molar-refractivity contribution in [2.24, 2.45) is 17.7 Å². The molecule has 0 unspecified atom stereocenters. The maximum Gasteiger partial charge on any atom is 0.421 e. The Morgan fingerprint density at radius 2 is 1.87 bits per heavy atom. The van der Waals surface area contributed by atoms with E-state index in [1.807, 2.05) is 13.8 Å². The molecule has 1 heterocycles. The number of methoxy groups -OCH3 is 1. The van der Waals surface area contributed by atoms with Gasteiger partial charge in [-0.1, -0.05) is 6.92 Å². The lowest BCUT2D eigenvalue weighted by Gasteiger charge is -2.34. The Labute approximate surface area is 230 Å². The molecule has 0 bridgehead atoms. The summed E-state index contributed by atoms with van der Waals surface area (Å²) >= 11 is 5.72. The number of carbonyl (C=O) groups is 2. The quantitative estimate of drug-likeness (QED) is 0.174.